The predicted molar refractivity (Wildman–Crippen MR) is 107 cm³/mol. The third-order valence-electron chi connectivity index (χ3n) is 4.47. The number of hydrogen-bond acceptors (Lipinski definition) is 6. The molecule has 144 valence electrons. The molecular weight excluding hydrogens is 426 g/mol. The summed E-state index contributed by atoms with van der Waals surface area (Å²) in [5.74, 6) is 1.46. The Hall–Kier alpha value is -2.94. The Labute approximate surface area is 170 Å². The molecule has 9 heteroatoms. The van der Waals surface area contributed by atoms with Gasteiger partial charge in [-0.25, -0.2) is 4.68 Å². The molecule has 0 spiro atoms. The first kappa shape index (κ1) is 18.4. The first-order chi connectivity index (χ1) is 13.6. The van der Waals surface area contributed by atoms with Gasteiger partial charge in [-0.2, -0.15) is 0 Å². The molecule has 1 saturated carbocycles. The number of nitrogens with one attached hydrogen (secondary N) is 1. The predicted octanol–water partition coefficient (Wildman–Crippen LogP) is 3.71. The van der Waals surface area contributed by atoms with E-state index in [0.717, 1.165) is 18.4 Å². The van der Waals surface area contributed by atoms with Crippen molar-refractivity contribution < 1.29 is 14.3 Å². The topological polar surface area (TPSA) is 91.2 Å². The number of aromatic nitrogens is 4. The molecule has 3 aromatic rings. The van der Waals surface area contributed by atoms with Crippen molar-refractivity contribution in [2.45, 2.75) is 18.9 Å². The quantitative estimate of drug-likeness (QED) is 0.624. The van der Waals surface area contributed by atoms with Gasteiger partial charge in [0.25, 0.3) is 5.91 Å². The van der Waals surface area contributed by atoms with Crippen LogP contribution < -0.4 is 14.8 Å². The van der Waals surface area contributed by atoms with Crippen molar-refractivity contribution in [3.63, 3.8) is 0 Å². The summed E-state index contributed by atoms with van der Waals surface area (Å²) in [5.41, 5.74) is 1.92. The normalized spacial score (nSPS) is 13.2. The Morgan fingerprint density at radius 2 is 1.89 bits per heavy atom. The average molecular weight is 444 g/mol. The molecule has 0 bridgehead atoms. The van der Waals surface area contributed by atoms with Gasteiger partial charge in [-0.3, -0.25) is 4.79 Å². The third kappa shape index (κ3) is 3.57. The summed E-state index contributed by atoms with van der Waals surface area (Å²) in [6.07, 6.45) is 2.17. The van der Waals surface area contributed by atoms with Crippen LogP contribution in [0.4, 0.5) is 5.69 Å². The Morgan fingerprint density at radius 3 is 2.54 bits per heavy atom. The lowest BCUT2D eigenvalue weighted by molar-refractivity contribution is 0.102. The second kappa shape index (κ2) is 7.59. The van der Waals surface area contributed by atoms with Crippen molar-refractivity contribution in [3.8, 4) is 22.9 Å². The van der Waals surface area contributed by atoms with E-state index in [0.29, 0.717) is 39.1 Å². The number of benzene rings is 2. The fraction of sp³-hybridized carbons (Fsp3) is 0.263. The molecule has 1 aliphatic rings. The van der Waals surface area contributed by atoms with Gasteiger partial charge in [0.15, 0.2) is 5.82 Å². The molecule has 0 unspecified atom stereocenters. The zero-order valence-corrected chi connectivity index (χ0v) is 16.9. The Bertz CT molecular complexity index is 1010. The number of ether oxygens (including phenoxy) is 2. The lowest BCUT2D eigenvalue weighted by Crippen LogP contribution is -2.12. The number of hydrogen-bond donors (Lipinski definition) is 1. The van der Waals surface area contributed by atoms with Crippen LogP contribution in [0, 0.1) is 0 Å². The van der Waals surface area contributed by atoms with Gasteiger partial charge >= 0.3 is 0 Å². The minimum atomic E-state index is -0.275. The molecular formula is C19H18BrN5O3. The molecule has 1 amide bonds. The smallest absolute Gasteiger partial charge is 0.255 e. The minimum Gasteiger partial charge on any atom is -0.495 e. The van der Waals surface area contributed by atoms with Crippen LogP contribution in [0.5, 0.6) is 11.5 Å². The van der Waals surface area contributed by atoms with Gasteiger partial charge in [0.2, 0.25) is 0 Å². The molecule has 2 aromatic carbocycles. The van der Waals surface area contributed by atoms with E-state index in [4.69, 9.17) is 9.47 Å². The molecule has 1 aliphatic carbocycles. The van der Waals surface area contributed by atoms with E-state index >= 15 is 0 Å². The number of anilines is 1. The number of nitrogens with zero attached hydrogens (tertiary/aromatic N) is 4. The maximum absolute atomic E-state index is 12.8. The number of carbonyl (C=O) groups excluding carboxylic acids is 1. The SMILES string of the molecule is COc1cc(C(=O)Nc2cccc(-c3nnnn3C3CC3)c2)cc(OC)c1Br. The highest BCUT2D eigenvalue weighted by molar-refractivity contribution is 9.10. The minimum absolute atomic E-state index is 0.275. The Morgan fingerprint density at radius 1 is 1.18 bits per heavy atom. The largest absolute Gasteiger partial charge is 0.495 e. The molecule has 0 atom stereocenters. The number of amides is 1. The molecule has 1 fully saturated rings. The van der Waals surface area contributed by atoms with E-state index < -0.39 is 0 Å². The van der Waals surface area contributed by atoms with Crippen molar-refractivity contribution in [3.05, 3.63) is 46.4 Å². The van der Waals surface area contributed by atoms with E-state index in [1.165, 1.54) is 14.2 Å². The number of rotatable bonds is 6. The van der Waals surface area contributed by atoms with Gasteiger partial charge in [0.1, 0.15) is 16.0 Å². The van der Waals surface area contributed by atoms with Crippen LogP contribution in [0.2, 0.25) is 0 Å². The van der Waals surface area contributed by atoms with Crippen molar-refractivity contribution in [2.75, 3.05) is 19.5 Å². The standard InChI is InChI=1S/C19H18BrN5O3/c1-27-15-9-12(10-16(28-2)17(15)20)19(26)21-13-5-3-4-11(8-13)18-22-23-24-25(18)14-6-7-14/h3-5,8-10,14H,6-7H2,1-2H3,(H,21,26). The van der Waals surface area contributed by atoms with E-state index in [9.17, 15) is 4.79 Å². The summed E-state index contributed by atoms with van der Waals surface area (Å²) in [6, 6.07) is 11.1. The first-order valence-corrected chi connectivity index (χ1v) is 9.51. The molecule has 1 heterocycles. The molecule has 0 saturated heterocycles. The summed E-state index contributed by atoms with van der Waals surface area (Å²) in [4.78, 5) is 12.8. The Kier molecular flexibility index (Phi) is 4.99. The monoisotopic (exact) mass is 443 g/mol. The van der Waals surface area contributed by atoms with Gasteiger partial charge in [-0.1, -0.05) is 12.1 Å². The van der Waals surface area contributed by atoms with E-state index in [1.807, 2.05) is 28.9 Å². The lowest BCUT2D eigenvalue weighted by atomic mass is 10.1. The molecule has 28 heavy (non-hydrogen) atoms. The molecule has 1 N–H and O–H groups in total. The van der Waals surface area contributed by atoms with Crippen molar-refractivity contribution >= 4 is 27.5 Å². The molecule has 4 rings (SSSR count). The molecule has 0 aliphatic heterocycles. The lowest BCUT2D eigenvalue weighted by Gasteiger charge is -2.12. The fourth-order valence-electron chi connectivity index (χ4n) is 2.89. The second-order valence-corrected chi connectivity index (χ2v) is 7.20. The number of carbonyl (C=O) groups is 1. The van der Waals surface area contributed by atoms with E-state index in [-0.39, 0.29) is 5.91 Å². The molecule has 8 nitrogen and oxygen atoms in total. The maximum Gasteiger partial charge on any atom is 0.255 e. The molecule has 1 aromatic heterocycles. The first-order valence-electron chi connectivity index (χ1n) is 8.72. The zero-order valence-electron chi connectivity index (χ0n) is 15.3. The van der Waals surface area contributed by atoms with Crippen molar-refractivity contribution in [1.29, 1.82) is 0 Å². The van der Waals surface area contributed by atoms with Crippen LogP contribution in [-0.2, 0) is 0 Å². The van der Waals surface area contributed by atoms with Gasteiger partial charge < -0.3 is 14.8 Å². The fourth-order valence-corrected chi connectivity index (χ4v) is 3.44. The number of tetrazole rings is 1. The van der Waals surface area contributed by atoms with Crippen LogP contribution in [0.25, 0.3) is 11.4 Å². The summed E-state index contributed by atoms with van der Waals surface area (Å²) in [5, 5.41) is 14.9. The van der Waals surface area contributed by atoms with Crippen molar-refractivity contribution in [1.82, 2.24) is 20.2 Å². The summed E-state index contributed by atoms with van der Waals surface area (Å²) in [6.45, 7) is 0. The highest BCUT2D eigenvalue weighted by Crippen LogP contribution is 2.37. The van der Waals surface area contributed by atoms with E-state index in [1.54, 1.807) is 12.1 Å². The van der Waals surface area contributed by atoms with Crippen LogP contribution >= 0.6 is 15.9 Å². The zero-order chi connectivity index (χ0) is 19.7. The Balaban J connectivity index is 1.59. The van der Waals surface area contributed by atoms with Crippen LogP contribution in [0.1, 0.15) is 29.2 Å². The number of halogens is 1. The van der Waals surface area contributed by atoms with Gasteiger partial charge in [0, 0.05) is 16.8 Å². The van der Waals surface area contributed by atoms with Crippen LogP contribution in [-0.4, -0.2) is 40.3 Å². The second-order valence-electron chi connectivity index (χ2n) is 6.41. The molecule has 0 radical (unpaired) electrons. The van der Waals surface area contributed by atoms with Crippen LogP contribution in [0.15, 0.2) is 40.9 Å². The maximum atomic E-state index is 12.8. The van der Waals surface area contributed by atoms with Gasteiger partial charge in [-0.05, 0) is 63.5 Å². The van der Waals surface area contributed by atoms with Crippen molar-refractivity contribution in [2.24, 2.45) is 0 Å². The van der Waals surface area contributed by atoms with Gasteiger partial charge in [-0.15, -0.1) is 5.10 Å². The highest BCUT2D eigenvalue weighted by Gasteiger charge is 2.28. The van der Waals surface area contributed by atoms with Gasteiger partial charge in [0.05, 0.1) is 20.3 Å². The third-order valence-corrected chi connectivity index (χ3v) is 5.25. The summed E-state index contributed by atoms with van der Waals surface area (Å²) < 4.78 is 13.1. The summed E-state index contributed by atoms with van der Waals surface area (Å²) in [7, 11) is 3.07. The van der Waals surface area contributed by atoms with Crippen LogP contribution in [0.3, 0.4) is 0 Å². The highest BCUT2D eigenvalue weighted by atomic mass is 79.9. The number of methoxy groups -OCH3 is 2. The summed E-state index contributed by atoms with van der Waals surface area (Å²) >= 11 is 3.40. The average Bonchev–Trinajstić information content (AvgIpc) is 3.44. The van der Waals surface area contributed by atoms with E-state index in [2.05, 4.69) is 36.8 Å².